The van der Waals surface area contributed by atoms with Gasteiger partial charge in [-0.05, 0) is 32.0 Å². The van der Waals surface area contributed by atoms with Gasteiger partial charge < -0.3 is 25.6 Å². The lowest BCUT2D eigenvalue weighted by Gasteiger charge is -2.16. The minimum atomic E-state index is -4.27. The predicted octanol–water partition coefficient (Wildman–Crippen LogP) is 1.55. The number of hydrogen-bond acceptors (Lipinski definition) is 8. The number of methoxy groups -OCH3 is 1. The highest BCUT2D eigenvalue weighted by molar-refractivity contribution is 7.93. The molecule has 0 atom stereocenters. The highest BCUT2D eigenvalue weighted by atomic mass is 32.2. The molecule has 2 aromatic rings. The summed E-state index contributed by atoms with van der Waals surface area (Å²) in [5.41, 5.74) is 3.27. The van der Waals surface area contributed by atoms with E-state index in [4.69, 9.17) is 15.2 Å². The van der Waals surface area contributed by atoms with Crippen LogP contribution in [0.2, 0.25) is 0 Å². The molecule has 2 rings (SSSR count). The highest BCUT2D eigenvalue weighted by Gasteiger charge is 2.30. The lowest BCUT2D eigenvalue weighted by molar-refractivity contribution is -0.130. The second kappa shape index (κ2) is 9.08. The fourth-order valence-corrected chi connectivity index (χ4v) is 5.06. The molecule has 0 saturated carbocycles. The Hall–Kier alpha value is -2.54. The number of ether oxygens (including phenoxy) is 2. The summed E-state index contributed by atoms with van der Waals surface area (Å²) >= 11 is 0.569. The number of nitrogens with one attached hydrogen (secondary N) is 1. The Labute approximate surface area is 176 Å². The summed E-state index contributed by atoms with van der Waals surface area (Å²) in [7, 11) is -2.84. The molecule has 0 fully saturated rings. The fourth-order valence-electron chi connectivity index (χ4n) is 2.19. The number of primary amides is 1. The number of carbonyl (C=O) groups excluding carboxylic acids is 2. The summed E-state index contributed by atoms with van der Waals surface area (Å²) in [6, 6.07) is 3.91. The average Bonchev–Trinajstić information content (AvgIpc) is 3.06. The summed E-state index contributed by atoms with van der Waals surface area (Å²) in [6.07, 6.45) is 0. The number of carbonyl (C=O) groups is 2. The Morgan fingerprint density at radius 1 is 1.27 bits per heavy atom. The van der Waals surface area contributed by atoms with Crippen LogP contribution in [0.5, 0.6) is 5.75 Å². The maximum absolute atomic E-state index is 13.6. The topological polar surface area (TPSA) is 145 Å². The van der Waals surface area contributed by atoms with Gasteiger partial charge in [-0.25, -0.2) is 12.8 Å². The standard InChI is InChI=1S/C18H21FN2O7S2/c1-18(2,24)17(23)21-16-11(15(20)22)9-14(29-16)30(25,26)13-5-4-10(19)8-12(13)28-7-6-27-3/h4-5,8-9,24H,6-7H2,1-3H3,(H2,20,22)(H,21,23). The molecule has 0 spiro atoms. The molecule has 0 aliphatic carbocycles. The molecule has 0 aliphatic heterocycles. The van der Waals surface area contributed by atoms with E-state index in [0.29, 0.717) is 11.3 Å². The van der Waals surface area contributed by atoms with Crippen molar-refractivity contribution in [3.63, 3.8) is 0 Å². The van der Waals surface area contributed by atoms with Gasteiger partial charge in [0.1, 0.15) is 37.9 Å². The van der Waals surface area contributed by atoms with Gasteiger partial charge in [0.15, 0.2) is 0 Å². The van der Waals surface area contributed by atoms with E-state index in [-0.39, 0.29) is 38.6 Å². The third-order valence-electron chi connectivity index (χ3n) is 3.76. The maximum Gasteiger partial charge on any atom is 0.256 e. The van der Waals surface area contributed by atoms with Gasteiger partial charge in [-0.15, -0.1) is 11.3 Å². The number of halogens is 1. The molecule has 2 amide bonds. The molecule has 12 heteroatoms. The second-order valence-corrected chi connectivity index (χ2v) is 9.82. The molecular formula is C18H21FN2O7S2. The van der Waals surface area contributed by atoms with E-state index in [1.807, 2.05) is 0 Å². The number of hydrogen-bond donors (Lipinski definition) is 3. The quantitative estimate of drug-likeness (QED) is 0.380. The van der Waals surface area contributed by atoms with E-state index >= 15 is 0 Å². The predicted molar refractivity (Wildman–Crippen MR) is 107 cm³/mol. The minimum Gasteiger partial charge on any atom is -0.490 e. The second-order valence-electron chi connectivity index (χ2n) is 6.62. The van der Waals surface area contributed by atoms with Gasteiger partial charge in [-0.3, -0.25) is 9.59 Å². The molecule has 4 N–H and O–H groups in total. The Morgan fingerprint density at radius 3 is 2.50 bits per heavy atom. The molecule has 0 aliphatic rings. The Morgan fingerprint density at radius 2 is 1.93 bits per heavy atom. The van der Waals surface area contributed by atoms with Crippen molar-refractivity contribution in [3.8, 4) is 5.75 Å². The van der Waals surface area contributed by atoms with E-state index in [1.165, 1.54) is 21.0 Å². The molecule has 0 saturated heterocycles. The number of amides is 2. The monoisotopic (exact) mass is 460 g/mol. The molecule has 164 valence electrons. The first-order chi connectivity index (χ1) is 13.9. The van der Waals surface area contributed by atoms with Gasteiger partial charge in [0.05, 0.1) is 12.2 Å². The minimum absolute atomic E-state index is 0.0215. The first-order valence-corrected chi connectivity index (χ1v) is 10.8. The Balaban J connectivity index is 2.52. The summed E-state index contributed by atoms with van der Waals surface area (Å²) in [4.78, 5) is 23.5. The molecule has 0 unspecified atom stereocenters. The number of thiophene rings is 1. The average molecular weight is 461 g/mol. The van der Waals surface area contributed by atoms with Crippen molar-refractivity contribution in [2.45, 2.75) is 28.6 Å². The molecule has 9 nitrogen and oxygen atoms in total. The van der Waals surface area contributed by atoms with E-state index in [2.05, 4.69) is 5.32 Å². The van der Waals surface area contributed by atoms with Crippen molar-refractivity contribution in [2.24, 2.45) is 5.73 Å². The van der Waals surface area contributed by atoms with Crippen LogP contribution in [0, 0.1) is 5.82 Å². The van der Waals surface area contributed by atoms with Gasteiger partial charge in [0, 0.05) is 13.2 Å². The van der Waals surface area contributed by atoms with E-state index in [0.717, 1.165) is 24.3 Å². The SMILES string of the molecule is COCCOc1cc(F)ccc1S(=O)(=O)c1cc(C(N)=O)c(NC(=O)C(C)(C)O)s1. The number of nitrogens with two attached hydrogens (primary N) is 1. The van der Waals surface area contributed by atoms with Gasteiger partial charge in [-0.1, -0.05) is 0 Å². The molecule has 0 radical (unpaired) electrons. The summed E-state index contributed by atoms with van der Waals surface area (Å²) in [5, 5.41) is 11.9. The zero-order valence-corrected chi connectivity index (χ0v) is 18.0. The first kappa shape index (κ1) is 23.7. The van der Waals surface area contributed by atoms with Crippen molar-refractivity contribution in [1.29, 1.82) is 0 Å². The van der Waals surface area contributed by atoms with Crippen LogP contribution >= 0.6 is 11.3 Å². The number of rotatable bonds is 9. The van der Waals surface area contributed by atoms with Crippen molar-refractivity contribution >= 4 is 38.0 Å². The molecular weight excluding hydrogens is 439 g/mol. The summed E-state index contributed by atoms with van der Waals surface area (Å²) in [6.45, 7) is 2.57. The third kappa shape index (κ3) is 5.33. The maximum atomic E-state index is 13.6. The van der Waals surface area contributed by atoms with Crippen LogP contribution in [0.1, 0.15) is 24.2 Å². The molecule has 1 heterocycles. The number of sulfone groups is 1. The van der Waals surface area contributed by atoms with Crippen molar-refractivity contribution in [3.05, 3.63) is 35.6 Å². The van der Waals surface area contributed by atoms with Crippen LogP contribution < -0.4 is 15.8 Å². The van der Waals surface area contributed by atoms with Crippen molar-refractivity contribution in [1.82, 2.24) is 0 Å². The molecule has 30 heavy (non-hydrogen) atoms. The van der Waals surface area contributed by atoms with Gasteiger partial charge in [0.2, 0.25) is 9.84 Å². The summed E-state index contributed by atoms with van der Waals surface area (Å²) in [5.74, 6) is -2.78. The lowest BCUT2D eigenvalue weighted by atomic mass is 10.1. The Kier molecular flexibility index (Phi) is 7.18. The zero-order chi connectivity index (χ0) is 22.7. The number of benzene rings is 1. The van der Waals surface area contributed by atoms with Crippen LogP contribution in [-0.4, -0.2) is 51.3 Å². The molecule has 1 aromatic heterocycles. The zero-order valence-electron chi connectivity index (χ0n) is 16.4. The number of anilines is 1. The highest BCUT2D eigenvalue weighted by Crippen LogP contribution is 2.38. The van der Waals surface area contributed by atoms with E-state index in [1.54, 1.807) is 0 Å². The van der Waals surface area contributed by atoms with E-state index < -0.39 is 33.1 Å². The summed E-state index contributed by atoms with van der Waals surface area (Å²) < 4.78 is 49.7. The van der Waals surface area contributed by atoms with E-state index in [9.17, 15) is 27.5 Å². The molecule has 1 aromatic carbocycles. The van der Waals surface area contributed by atoms with Crippen LogP contribution in [0.25, 0.3) is 0 Å². The largest absolute Gasteiger partial charge is 0.490 e. The van der Waals surface area contributed by atoms with Gasteiger partial charge in [-0.2, -0.15) is 0 Å². The van der Waals surface area contributed by atoms with Gasteiger partial charge >= 0.3 is 0 Å². The fraction of sp³-hybridized carbons (Fsp3) is 0.333. The van der Waals surface area contributed by atoms with Crippen LogP contribution in [0.4, 0.5) is 9.39 Å². The molecule has 0 bridgehead atoms. The number of aliphatic hydroxyl groups is 1. The van der Waals surface area contributed by atoms with Crippen LogP contribution in [0.3, 0.4) is 0 Å². The lowest BCUT2D eigenvalue weighted by Crippen LogP contribution is -2.36. The normalized spacial score (nSPS) is 11.9. The first-order valence-electron chi connectivity index (χ1n) is 8.51. The third-order valence-corrected chi connectivity index (χ3v) is 7.08. The van der Waals surface area contributed by atoms with Crippen molar-refractivity contribution < 1.29 is 37.0 Å². The smallest absolute Gasteiger partial charge is 0.256 e. The van der Waals surface area contributed by atoms with Gasteiger partial charge in [0.25, 0.3) is 11.8 Å². The van der Waals surface area contributed by atoms with Crippen LogP contribution in [0.15, 0.2) is 33.4 Å². The van der Waals surface area contributed by atoms with Crippen LogP contribution in [-0.2, 0) is 19.4 Å². The van der Waals surface area contributed by atoms with Crippen molar-refractivity contribution in [2.75, 3.05) is 25.6 Å². The Bertz CT molecular complexity index is 1060.